The summed E-state index contributed by atoms with van der Waals surface area (Å²) >= 11 is 1.75. The SMILES string of the molecule is O=C(CCCc1ccccc1)NCc1cc(-c2cccs2)n(C2CCCC2)n1. The van der Waals surface area contributed by atoms with Gasteiger partial charge in [0.25, 0.3) is 0 Å². The molecule has 0 aliphatic heterocycles. The molecule has 1 aliphatic carbocycles. The van der Waals surface area contributed by atoms with Crippen LogP contribution in [0.1, 0.15) is 55.8 Å². The van der Waals surface area contributed by atoms with Crippen molar-refractivity contribution < 1.29 is 4.79 Å². The predicted molar refractivity (Wildman–Crippen MR) is 114 cm³/mol. The lowest BCUT2D eigenvalue weighted by atomic mass is 10.1. The molecular weight excluding hydrogens is 366 g/mol. The van der Waals surface area contributed by atoms with Crippen molar-refractivity contribution in [3.05, 3.63) is 65.2 Å². The van der Waals surface area contributed by atoms with Crippen LogP contribution in [0.4, 0.5) is 0 Å². The molecule has 0 radical (unpaired) electrons. The number of aromatic nitrogens is 2. The molecule has 1 aromatic carbocycles. The summed E-state index contributed by atoms with van der Waals surface area (Å²) in [7, 11) is 0. The normalized spacial score (nSPS) is 14.4. The van der Waals surface area contributed by atoms with E-state index < -0.39 is 0 Å². The zero-order valence-corrected chi connectivity index (χ0v) is 17.0. The van der Waals surface area contributed by atoms with Gasteiger partial charge in [-0.25, -0.2) is 0 Å². The van der Waals surface area contributed by atoms with Gasteiger partial charge in [0, 0.05) is 6.42 Å². The fraction of sp³-hybridized carbons (Fsp3) is 0.391. The van der Waals surface area contributed by atoms with E-state index in [1.165, 1.54) is 41.8 Å². The topological polar surface area (TPSA) is 46.9 Å². The van der Waals surface area contributed by atoms with Gasteiger partial charge in [0.1, 0.15) is 0 Å². The number of carbonyl (C=O) groups excluding carboxylic acids is 1. The second-order valence-corrected chi connectivity index (χ2v) is 8.44. The molecule has 0 atom stereocenters. The van der Waals surface area contributed by atoms with E-state index in [1.54, 1.807) is 11.3 Å². The van der Waals surface area contributed by atoms with E-state index in [0.717, 1.165) is 18.5 Å². The number of hydrogen-bond acceptors (Lipinski definition) is 3. The Morgan fingerprint density at radius 1 is 1.14 bits per heavy atom. The number of hydrogen-bond donors (Lipinski definition) is 1. The van der Waals surface area contributed by atoms with Gasteiger partial charge in [0.2, 0.25) is 5.91 Å². The zero-order valence-electron chi connectivity index (χ0n) is 16.1. The lowest BCUT2D eigenvalue weighted by Gasteiger charge is -2.13. The summed E-state index contributed by atoms with van der Waals surface area (Å²) in [4.78, 5) is 13.5. The minimum Gasteiger partial charge on any atom is -0.350 e. The second kappa shape index (κ2) is 9.20. The molecule has 3 aromatic rings. The standard InChI is InChI=1S/C23H27N3OS/c27-23(14-6-10-18-8-2-1-3-9-18)24-17-19-16-21(22-13-7-15-28-22)26(25-19)20-11-4-5-12-20/h1-3,7-9,13,15-16,20H,4-6,10-12,14,17H2,(H,24,27). The third kappa shape index (κ3) is 4.71. The number of rotatable bonds is 8. The van der Waals surface area contributed by atoms with E-state index in [0.29, 0.717) is 19.0 Å². The molecule has 1 saturated carbocycles. The summed E-state index contributed by atoms with van der Waals surface area (Å²) in [6.07, 6.45) is 7.32. The van der Waals surface area contributed by atoms with Crippen molar-refractivity contribution in [2.24, 2.45) is 0 Å². The van der Waals surface area contributed by atoms with Crippen LogP contribution in [-0.2, 0) is 17.8 Å². The van der Waals surface area contributed by atoms with Crippen LogP contribution in [0.3, 0.4) is 0 Å². The number of nitrogens with one attached hydrogen (secondary N) is 1. The van der Waals surface area contributed by atoms with Crippen LogP contribution in [0.5, 0.6) is 0 Å². The maximum Gasteiger partial charge on any atom is 0.220 e. The van der Waals surface area contributed by atoms with Crippen molar-refractivity contribution in [3.8, 4) is 10.6 Å². The van der Waals surface area contributed by atoms with Crippen molar-refractivity contribution in [1.29, 1.82) is 0 Å². The minimum atomic E-state index is 0.101. The highest BCUT2D eigenvalue weighted by Gasteiger charge is 2.22. The molecule has 1 aliphatic rings. The molecule has 2 aromatic heterocycles. The van der Waals surface area contributed by atoms with Crippen LogP contribution in [0.2, 0.25) is 0 Å². The molecule has 28 heavy (non-hydrogen) atoms. The minimum absolute atomic E-state index is 0.101. The van der Waals surface area contributed by atoms with E-state index >= 15 is 0 Å². The van der Waals surface area contributed by atoms with Crippen LogP contribution < -0.4 is 5.32 Å². The number of nitrogens with zero attached hydrogens (tertiary/aromatic N) is 2. The highest BCUT2D eigenvalue weighted by Crippen LogP contribution is 2.35. The Balaban J connectivity index is 1.34. The molecule has 4 rings (SSSR count). The van der Waals surface area contributed by atoms with Crippen LogP contribution in [0.25, 0.3) is 10.6 Å². The zero-order chi connectivity index (χ0) is 19.2. The number of aryl methyl sites for hydroxylation is 1. The third-order valence-corrected chi connectivity index (χ3v) is 6.30. The largest absolute Gasteiger partial charge is 0.350 e. The Bertz CT molecular complexity index is 880. The Morgan fingerprint density at radius 2 is 1.96 bits per heavy atom. The molecule has 0 saturated heterocycles. The average molecular weight is 394 g/mol. The number of thiophene rings is 1. The average Bonchev–Trinajstić information content (AvgIpc) is 3.48. The number of amides is 1. The molecule has 1 N–H and O–H groups in total. The van der Waals surface area contributed by atoms with Gasteiger partial charge in [-0.05, 0) is 48.8 Å². The molecule has 0 unspecified atom stereocenters. The summed E-state index contributed by atoms with van der Waals surface area (Å²) in [5.74, 6) is 0.101. The van der Waals surface area contributed by atoms with E-state index in [9.17, 15) is 4.79 Å². The van der Waals surface area contributed by atoms with Crippen molar-refractivity contribution in [1.82, 2.24) is 15.1 Å². The van der Waals surface area contributed by atoms with Crippen molar-refractivity contribution in [2.45, 2.75) is 57.5 Å². The Labute approximate surface area is 170 Å². The van der Waals surface area contributed by atoms with Crippen LogP contribution in [0, 0.1) is 0 Å². The first-order chi connectivity index (χ1) is 13.8. The van der Waals surface area contributed by atoms with Gasteiger partial charge in [-0.15, -0.1) is 11.3 Å². The summed E-state index contributed by atoms with van der Waals surface area (Å²) in [6.45, 7) is 0.502. The Kier molecular flexibility index (Phi) is 6.22. The number of carbonyl (C=O) groups is 1. The maximum absolute atomic E-state index is 12.2. The van der Waals surface area contributed by atoms with E-state index in [1.807, 2.05) is 18.2 Å². The van der Waals surface area contributed by atoms with E-state index in [2.05, 4.69) is 45.7 Å². The fourth-order valence-corrected chi connectivity index (χ4v) is 4.68. The molecule has 5 heteroatoms. The quantitative estimate of drug-likeness (QED) is 0.559. The molecule has 146 valence electrons. The van der Waals surface area contributed by atoms with Gasteiger partial charge in [0.15, 0.2) is 0 Å². The van der Waals surface area contributed by atoms with E-state index in [4.69, 9.17) is 5.10 Å². The van der Waals surface area contributed by atoms with Gasteiger partial charge in [-0.3, -0.25) is 9.48 Å². The van der Waals surface area contributed by atoms with Gasteiger partial charge >= 0.3 is 0 Å². The maximum atomic E-state index is 12.2. The predicted octanol–water partition coefficient (Wildman–Crippen LogP) is 5.37. The number of benzene rings is 1. The molecular formula is C23H27N3OS. The smallest absolute Gasteiger partial charge is 0.220 e. The Morgan fingerprint density at radius 3 is 2.71 bits per heavy atom. The first kappa shape index (κ1) is 18.9. The summed E-state index contributed by atoms with van der Waals surface area (Å²) in [5.41, 5.74) is 3.42. The molecule has 1 amide bonds. The van der Waals surface area contributed by atoms with Crippen molar-refractivity contribution in [2.75, 3.05) is 0 Å². The van der Waals surface area contributed by atoms with Crippen LogP contribution in [0.15, 0.2) is 53.9 Å². The molecule has 1 fully saturated rings. The highest BCUT2D eigenvalue weighted by molar-refractivity contribution is 7.13. The van der Waals surface area contributed by atoms with E-state index in [-0.39, 0.29) is 5.91 Å². The molecule has 0 spiro atoms. The molecule has 2 heterocycles. The fourth-order valence-electron chi connectivity index (χ4n) is 3.94. The monoisotopic (exact) mass is 393 g/mol. The van der Waals surface area contributed by atoms with Crippen molar-refractivity contribution in [3.63, 3.8) is 0 Å². The first-order valence-electron chi connectivity index (χ1n) is 10.2. The third-order valence-electron chi connectivity index (χ3n) is 5.41. The highest BCUT2D eigenvalue weighted by atomic mass is 32.1. The van der Waals surface area contributed by atoms with Gasteiger partial charge in [-0.1, -0.05) is 49.2 Å². The van der Waals surface area contributed by atoms with Crippen LogP contribution >= 0.6 is 11.3 Å². The summed E-state index contributed by atoms with van der Waals surface area (Å²) in [5, 5.41) is 10.0. The van der Waals surface area contributed by atoms with Gasteiger partial charge in [0.05, 0.1) is 28.9 Å². The lowest BCUT2D eigenvalue weighted by molar-refractivity contribution is -0.121. The van der Waals surface area contributed by atoms with Crippen LogP contribution in [-0.4, -0.2) is 15.7 Å². The molecule has 4 nitrogen and oxygen atoms in total. The Hall–Kier alpha value is -2.40. The summed E-state index contributed by atoms with van der Waals surface area (Å²) in [6, 6.07) is 17.2. The van der Waals surface area contributed by atoms with Gasteiger partial charge < -0.3 is 5.32 Å². The van der Waals surface area contributed by atoms with Crippen molar-refractivity contribution >= 4 is 17.2 Å². The summed E-state index contributed by atoms with van der Waals surface area (Å²) < 4.78 is 2.20. The molecule has 0 bridgehead atoms. The first-order valence-corrected chi connectivity index (χ1v) is 11.1. The second-order valence-electron chi connectivity index (χ2n) is 7.50. The lowest BCUT2D eigenvalue weighted by Crippen LogP contribution is -2.23. The van der Waals surface area contributed by atoms with Gasteiger partial charge in [-0.2, -0.15) is 5.10 Å².